The van der Waals surface area contributed by atoms with Gasteiger partial charge in [0.2, 0.25) is 11.8 Å². The third kappa shape index (κ3) is 13.3. The van der Waals surface area contributed by atoms with Crippen molar-refractivity contribution in [1.82, 2.24) is 16.1 Å². The number of aliphatic imine (C=N–C) groups is 1. The van der Waals surface area contributed by atoms with E-state index in [0.717, 1.165) is 12.2 Å². The predicted molar refractivity (Wildman–Crippen MR) is 103 cm³/mol. The van der Waals surface area contributed by atoms with E-state index < -0.39 is 11.1 Å². The van der Waals surface area contributed by atoms with Crippen LogP contribution in [0.4, 0.5) is 0 Å². The highest BCUT2D eigenvalue weighted by molar-refractivity contribution is 7.99. The summed E-state index contributed by atoms with van der Waals surface area (Å²) >= 11 is 1.48. The van der Waals surface area contributed by atoms with Gasteiger partial charge in [-0.2, -0.15) is 11.8 Å². The average Bonchev–Trinajstić information content (AvgIpc) is 2.54. The first-order valence-electron chi connectivity index (χ1n) is 8.62. The van der Waals surface area contributed by atoms with Crippen LogP contribution in [-0.2, 0) is 9.59 Å². The monoisotopic (exact) mass is 390 g/mol. The zero-order valence-electron chi connectivity index (χ0n) is 15.6. The minimum Gasteiger partial charge on any atom is -0.365 e. The number of guanidine groups is 1. The fraction of sp³-hybridized carbons (Fsp3) is 0.800. The van der Waals surface area contributed by atoms with Crippen LogP contribution in [0, 0.1) is 16.0 Å². The molecule has 11 heteroatoms. The summed E-state index contributed by atoms with van der Waals surface area (Å²) < 4.78 is 0. The van der Waals surface area contributed by atoms with E-state index >= 15 is 0 Å². The number of nitro groups is 1. The lowest BCUT2D eigenvalue weighted by atomic mass is 10.1. The zero-order chi connectivity index (χ0) is 19.9. The van der Waals surface area contributed by atoms with E-state index in [-0.39, 0.29) is 24.3 Å². The van der Waals surface area contributed by atoms with E-state index in [4.69, 9.17) is 5.73 Å². The molecule has 2 amide bonds. The number of amides is 2. The lowest BCUT2D eigenvalue weighted by molar-refractivity contribution is -0.525. The van der Waals surface area contributed by atoms with Crippen LogP contribution >= 0.6 is 11.8 Å². The van der Waals surface area contributed by atoms with Gasteiger partial charge in [-0.1, -0.05) is 26.2 Å². The first-order valence-corrected chi connectivity index (χ1v) is 9.77. The summed E-state index contributed by atoms with van der Waals surface area (Å²) in [6.45, 7) is 6.84. The van der Waals surface area contributed by atoms with Crippen LogP contribution in [0.25, 0.3) is 0 Å². The molecule has 0 saturated carbocycles. The number of hydrogen-bond acceptors (Lipinski definition) is 6. The number of nitrogens with zero attached hydrogens (tertiary/aromatic N) is 2. The van der Waals surface area contributed by atoms with Crippen molar-refractivity contribution in [2.45, 2.75) is 46.1 Å². The highest BCUT2D eigenvalue weighted by Crippen LogP contribution is 2.03. The van der Waals surface area contributed by atoms with Crippen molar-refractivity contribution in [3.05, 3.63) is 10.1 Å². The third-order valence-electron chi connectivity index (χ3n) is 3.25. The molecule has 0 unspecified atom stereocenters. The Morgan fingerprint density at radius 3 is 2.58 bits per heavy atom. The van der Waals surface area contributed by atoms with Crippen LogP contribution in [0.15, 0.2) is 4.99 Å². The number of thioether (sulfide) groups is 1. The highest BCUT2D eigenvalue weighted by atomic mass is 32.2. The summed E-state index contributed by atoms with van der Waals surface area (Å²) in [4.78, 5) is 38.3. The zero-order valence-corrected chi connectivity index (χ0v) is 16.4. The molecular formula is C15H30N6O4S. The number of nitrogens with one attached hydrogen (secondary N) is 3. The second kappa shape index (κ2) is 14.2. The fourth-order valence-corrected chi connectivity index (χ4v) is 2.40. The van der Waals surface area contributed by atoms with Gasteiger partial charge in [0.25, 0.3) is 5.96 Å². The first kappa shape index (κ1) is 24.0. The molecule has 1 atom stereocenters. The molecule has 10 nitrogen and oxygen atoms in total. The number of carbonyl (C=O) groups is 2. The van der Waals surface area contributed by atoms with Gasteiger partial charge >= 0.3 is 0 Å². The van der Waals surface area contributed by atoms with Gasteiger partial charge in [0.1, 0.15) is 6.04 Å². The quantitative estimate of drug-likeness (QED) is 0.116. The smallest absolute Gasteiger partial charge is 0.251 e. The number of hydrazine groups is 1. The normalized spacial score (nSPS) is 12.5. The van der Waals surface area contributed by atoms with Crippen molar-refractivity contribution >= 4 is 29.5 Å². The van der Waals surface area contributed by atoms with Crippen LogP contribution in [0.5, 0.6) is 0 Å². The van der Waals surface area contributed by atoms with Crippen molar-refractivity contribution in [2.75, 3.05) is 24.6 Å². The van der Waals surface area contributed by atoms with Crippen LogP contribution in [0.1, 0.15) is 40.0 Å². The number of rotatable bonds is 13. The molecule has 0 aliphatic heterocycles. The number of nitrogens with two attached hydrogens (primary N) is 1. The van der Waals surface area contributed by atoms with E-state index in [9.17, 15) is 19.7 Å². The Morgan fingerprint density at radius 2 is 2.00 bits per heavy atom. The van der Waals surface area contributed by atoms with Crippen LogP contribution in [-0.4, -0.2) is 53.4 Å². The molecule has 0 aromatic rings. The van der Waals surface area contributed by atoms with E-state index in [1.807, 2.05) is 6.92 Å². The van der Waals surface area contributed by atoms with E-state index in [1.54, 1.807) is 5.43 Å². The van der Waals surface area contributed by atoms with E-state index in [1.165, 1.54) is 11.8 Å². The molecule has 0 saturated heterocycles. The van der Waals surface area contributed by atoms with Crippen molar-refractivity contribution in [3.8, 4) is 0 Å². The summed E-state index contributed by atoms with van der Waals surface area (Å²) in [6, 6.07) is -0.660. The molecule has 150 valence electrons. The molecule has 0 aliphatic rings. The van der Waals surface area contributed by atoms with Gasteiger partial charge in [-0.05, 0) is 30.9 Å². The van der Waals surface area contributed by atoms with Gasteiger partial charge in [-0.25, -0.2) is 15.1 Å². The summed E-state index contributed by atoms with van der Waals surface area (Å²) in [5.41, 5.74) is 7.07. The summed E-state index contributed by atoms with van der Waals surface area (Å²) in [5.74, 6) is 0.854. The number of carbonyl (C=O) groups excluding carboxylic acids is 2. The fourth-order valence-electron chi connectivity index (χ4n) is 1.93. The Bertz CT molecular complexity index is 487. The molecule has 0 aromatic carbocycles. The minimum atomic E-state index is -0.796. The molecule has 0 aliphatic carbocycles. The maximum atomic E-state index is 12.3. The Kier molecular flexibility index (Phi) is 13.1. The second-order valence-electron chi connectivity index (χ2n) is 6.01. The predicted octanol–water partition coefficient (Wildman–Crippen LogP) is 0.263. The highest BCUT2D eigenvalue weighted by Gasteiger charge is 2.20. The second-order valence-corrected chi connectivity index (χ2v) is 7.28. The molecule has 0 spiro atoms. The van der Waals surface area contributed by atoms with Gasteiger partial charge in [-0.15, -0.1) is 0 Å². The molecule has 0 radical (unpaired) electrons. The Labute approximate surface area is 158 Å². The first-order chi connectivity index (χ1) is 12.3. The average molecular weight is 391 g/mol. The van der Waals surface area contributed by atoms with Crippen LogP contribution in [0.2, 0.25) is 0 Å². The maximum Gasteiger partial charge on any atom is 0.251 e. The molecule has 0 heterocycles. The van der Waals surface area contributed by atoms with Crippen molar-refractivity contribution in [1.29, 1.82) is 0 Å². The molecule has 0 aromatic heterocycles. The van der Waals surface area contributed by atoms with E-state index in [0.29, 0.717) is 31.1 Å². The molecular weight excluding hydrogens is 360 g/mol. The summed E-state index contributed by atoms with van der Waals surface area (Å²) in [6.07, 6.45) is 1.67. The maximum absolute atomic E-state index is 12.3. The topological polar surface area (TPSA) is 152 Å². The van der Waals surface area contributed by atoms with Gasteiger partial charge in [0.05, 0.1) is 5.75 Å². The number of hydrogen-bond donors (Lipinski definition) is 4. The largest absolute Gasteiger partial charge is 0.365 e. The van der Waals surface area contributed by atoms with Crippen molar-refractivity contribution < 1.29 is 14.6 Å². The summed E-state index contributed by atoms with van der Waals surface area (Å²) in [5, 5.41) is 15.0. The molecule has 0 fully saturated rings. The SMILES string of the molecule is CCSCC(=O)N[C@@H](CCCN=C(N)N[N+](=O)[O-])C(=O)NCCC(C)C. The standard InChI is InChI=1S/C15H30N6O4S/c1-4-26-10-13(22)19-12(14(23)17-9-7-11(2)3)6-5-8-18-15(16)20-21(24)25/h11-12H,4-10H2,1-3H3,(H,17,23)(H,19,22)(H3,16,18,20)/t12-/m0/s1. The summed E-state index contributed by atoms with van der Waals surface area (Å²) in [7, 11) is 0. The van der Waals surface area contributed by atoms with Gasteiger partial charge in [-0.3, -0.25) is 9.59 Å². The lowest BCUT2D eigenvalue weighted by Crippen LogP contribution is -2.47. The third-order valence-corrected chi connectivity index (χ3v) is 4.12. The van der Waals surface area contributed by atoms with Crippen molar-refractivity contribution in [3.63, 3.8) is 0 Å². The lowest BCUT2D eigenvalue weighted by Gasteiger charge is -2.18. The molecule has 0 rings (SSSR count). The van der Waals surface area contributed by atoms with Crippen molar-refractivity contribution in [2.24, 2.45) is 16.6 Å². The van der Waals surface area contributed by atoms with Crippen LogP contribution < -0.4 is 21.8 Å². The molecule has 26 heavy (non-hydrogen) atoms. The van der Waals surface area contributed by atoms with Crippen LogP contribution in [0.3, 0.4) is 0 Å². The van der Waals surface area contributed by atoms with Gasteiger partial charge in [0.15, 0.2) is 5.03 Å². The van der Waals surface area contributed by atoms with Gasteiger partial charge in [0, 0.05) is 13.1 Å². The molecule has 0 bridgehead atoms. The van der Waals surface area contributed by atoms with E-state index in [2.05, 4.69) is 29.5 Å². The molecule has 5 N–H and O–H groups in total. The Hall–Kier alpha value is -2.04. The van der Waals surface area contributed by atoms with Gasteiger partial charge < -0.3 is 16.4 Å². The Balaban J connectivity index is 4.53. The minimum absolute atomic E-state index is 0.195. The Morgan fingerprint density at radius 1 is 1.31 bits per heavy atom.